The van der Waals surface area contributed by atoms with Crippen LogP contribution in [0.5, 0.6) is 0 Å². The number of ketones is 1. The molecule has 6 heteroatoms. The smallest absolute Gasteiger partial charge is 0.306 e. The molecule has 0 aliphatic heterocycles. The Morgan fingerprint density at radius 2 is 1.88 bits per heavy atom. The van der Waals surface area contributed by atoms with Gasteiger partial charge in [-0.15, -0.1) is 0 Å². The largest absolute Gasteiger partial charge is 0.458 e. The molecule has 0 aromatic carbocycles. The molecule has 24 heavy (non-hydrogen) atoms. The van der Waals surface area contributed by atoms with Gasteiger partial charge < -0.3 is 14.6 Å². The van der Waals surface area contributed by atoms with Gasteiger partial charge in [-0.25, -0.2) is 0 Å². The molecule has 0 unspecified atom stereocenters. The third-order valence-electron chi connectivity index (χ3n) is 4.38. The Morgan fingerprint density at radius 3 is 2.33 bits per heavy atom. The van der Waals surface area contributed by atoms with Crippen molar-refractivity contribution in [2.24, 2.45) is 17.8 Å². The van der Waals surface area contributed by atoms with Crippen molar-refractivity contribution < 1.29 is 29.0 Å². The van der Waals surface area contributed by atoms with Gasteiger partial charge >= 0.3 is 11.9 Å². The van der Waals surface area contributed by atoms with Crippen molar-refractivity contribution in [2.75, 3.05) is 6.61 Å². The summed E-state index contributed by atoms with van der Waals surface area (Å²) < 4.78 is 10.8. The van der Waals surface area contributed by atoms with Crippen LogP contribution in [0.4, 0.5) is 0 Å². The lowest BCUT2D eigenvalue weighted by molar-refractivity contribution is -0.167. The average molecular weight is 340 g/mol. The fourth-order valence-electron chi connectivity index (χ4n) is 2.84. The summed E-state index contributed by atoms with van der Waals surface area (Å²) in [7, 11) is 0. The topological polar surface area (TPSA) is 89.9 Å². The monoisotopic (exact) mass is 340 g/mol. The van der Waals surface area contributed by atoms with Crippen LogP contribution in [0.3, 0.4) is 0 Å². The first kappa shape index (κ1) is 20.4. The highest BCUT2D eigenvalue weighted by Gasteiger charge is 2.44. The predicted molar refractivity (Wildman–Crippen MR) is 88.0 cm³/mol. The van der Waals surface area contributed by atoms with Crippen molar-refractivity contribution in [3.8, 4) is 0 Å². The second-order valence-electron chi connectivity index (χ2n) is 6.74. The zero-order valence-corrected chi connectivity index (χ0v) is 15.1. The predicted octanol–water partition coefficient (Wildman–Crippen LogP) is 2.04. The van der Waals surface area contributed by atoms with Crippen LogP contribution in [0.1, 0.15) is 47.5 Å². The molecule has 0 aromatic rings. The number of aliphatic hydroxyl groups excluding tert-OH is 1. The quantitative estimate of drug-likeness (QED) is 0.713. The lowest BCUT2D eigenvalue weighted by Gasteiger charge is -2.37. The van der Waals surface area contributed by atoms with Crippen molar-refractivity contribution in [3.05, 3.63) is 11.6 Å². The van der Waals surface area contributed by atoms with Crippen LogP contribution in [0.2, 0.25) is 0 Å². The van der Waals surface area contributed by atoms with Gasteiger partial charge in [0.25, 0.3) is 0 Å². The first-order valence-electron chi connectivity index (χ1n) is 8.43. The number of hydrogen-bond donors (Lipinski definition) is 1. The molecule has 0 radical (unpaired) electrons. The van der Waals surface area contributed by atoms with E-state index in [-0.39, 0.29) is 23.8 Å². The first-order valence-corrected chi connectivity index (χ1v) is 8.43. The molecule has 1 N–H and O–H groups in total. The van der Waals surface area contributed by atoms with Crippen molar-refractivity contribution in [1.29, 1.82) is 0 Å². The zero-order valence-electron chi connectivity index (χ0n) is 15.1. The van der Waals surface area contributed by atoms with Gasteiger partial charge in [0.1, 0.15) is 6.10 Å². The van der Waals surface area contributed by atoms with Gasteiger partial charge in [0, 0.05) is 24.8 Å². The Hall–Kier alpha value is -1.69. The molecule has 1 rings (SSSR count). The molecule has 136 valence electrons. The minimum absolute atomic E-state index is 0.0591. The average Bonchev–Trinajstić information content (AvgIpc) is 2.48. The Bertz CT molecular complexity index is 508. The van der Waals surface area contributed by atoms with E-state index in [9.17, 15) is 19.5 Å². The summed E-state index contributed by atoms with van der Waals surface area (Å²) in [5.74, 6) is -1.73. The number of hydrogen-bond acceptors (Lipinski definition) is 6. The van der Waals surface area contributed by atoms with Crippen LogP contribution in [-0.2, 0) is 23.9 Å². The molecule has 0 heterocycles. The Balaban J connectivity index is 3.08. The fourth-order valence-corrected chi connectivity index (χ4v) is 2.84. The molecule has 0 amide bonds. The third kappa shape index (κ3) is 5.16. The van der Waals surface area contributed by atoms with Gasteiger partial charge in [0.2, 0.25) is 5.78 Å². The Morgan fingerprint density at radius 1 is 1.25 bits per heavy atom. The van der Waals surface area contributed by atoms with Crippen LogP contribution >= 0.6 is 0 Å². The number of ether oxygens (including phenoxy) is 2. The highest BCUT2D eigenvalue weighted by Crippen LogP contribution is 2.32. The minimum Gasteiger partial charge on any atom is -0.458 e. The molecule has 0 aromatic heterocycles. The summed E-state index contributed by atoms with van der Waals surface area (Å²) >= 11 is 0. The number of Topliss-reactive ketones (excluding diaryl/α,β-unsaturated/α-hetero) is 1. The normalized spacial score (nSPS) is 25.2. The third-order valence-corrected chi connectivity index (χ3v) is 4.38. The molecule has 0 bridgehead atoms. The van der Waals surface area contributed by atoms with Crippen molar-refractivity contribution >= 4 is 17.7 Å². The van der Waals surface area contributed by atoms with E-state index in [1.807, 2.05) is 27.7 Å². The molecule has 0 fully saturated rings. The standard InChI is InChI=1S/C18H28O6/c1-6-11(4)7-15(21)24-18-16(10(2)3)14(23-12(5)20)8-13(9-19)17(18)22/h8,10-11,14,16,18-19H,6-7,9H2,1-5H3/t11-,14+,16+,18-/m1/s1. The maximum Gasteiger partial charge on any atom is 0.306 e. The van der Waals surface area contributed by atoms with Crippen LogP contribution in [-0.4, -0.2) is 41.6 Å². The maximum atomic E-state index is 12.5. The van der Waals surface area contributed by atoms with E-state index < -0.39 is 42.5 Å². The molecule has 1 aliphatic carbocycles. The molecule has 1 aliphatic rings. The highest BCUT2D eigenvalue weighted by molar-refractivity contribution is 6.01. The lowest BCUT2D eigenvalue weighted by atomic mass is 9.77. The first-order chi connectivity index (χ1) is 11.2. The van der Waals surface area contributed by atoms with E-state index in [2.05, 4.69) is 0 Å². The summed E-state index contributed by atoms with van der Waals surface area (Å²) in [4.78, 5) is 36.1. The van der Waals surface area contributed by atoms with Crippen LogP contribution in [0.15, 0.2) is 11.6 Å². The van der Waals surface area contributed by atoms with E-state index in [4.69, 9.17) is 9.47 Å². The minimum atomic E-state index is -1.04. The summed E-state index contributed by atoms with van der Waals surface area (Å²) in [6.07, 6.45) is 0.774. The van der Waals surface area contributed by atoms with Gasteiger partial charge in [-0.2, -0.15) is 0 Å². The summed E-state index contributed by atoms with van der Waals surface area (Å²) in [6, 6.07) is 0. The van der Waals surface area contributed by atoms with Crippen molar-refractivity contribution in [3.63, 3.8) is 0 Å². The second-order valence-corrected chi connectivity index (χ2v) is 6.74. The van der Waals surface area contributed by atoms with Gasteiger partial charge in [-0.1, -0.05) is 34.1 Å². The molecule has 0 saturated heterocycles. The van der Waals surface area contributed by atoms with Crippen LogP contribution < -0.4 is 0 Å². The zero-order chi connectivity index (χ0) is 18.4. The van der Waals surface area contributed by atoms with E-state index in [0.29, 0.717) is 0 Å². The van der Waals surface area contributed by atoms with Gasteiger partial charge in [-0.3, -0.25) is 14.4 Å². The second kappa shape index (κ2) is 8.97. The number of carbonyl (C=O) groups excluding carboxylic acids is 3. The molecular weight excluding hydrogens is 312 g/mol. The summed E-state index contributed by atoms with van der Waals surface area (Å²) in [5, 5.41) is 9.40. The SMILES string of the molecule is CC[C@@H](C)CC(=O)O[C@H]1C(=O)C(CO)=C[C@H](OC(C)=O)[C@@H]1C(C)C. The van der Waals surface area contributed by atoms with E-state index in [0.717, 1.165) is 6.42 Å². The van der Waals surface area contributed by atoms with E-state index in [1.54, 1.807) is 0 Å². The number of carbonyl (C=O) groups is 3. The van der Waals surface area contributed by atoms with Crippen LogP contribution in [0.25, 0.3) is 0 Å². The van der Waals surface area contributed by atoms with Crippen molar-refractivity contribution in [2.45, 2.75) is 59.7 Å². The Labute approximate surface area is 143 Å². The van der Waals surface area contributed by atoms with Crippen molar-refractivity contribution in [1.82, 2.24) is 0 Å². The number of esters is 2. The summed E-state index contributed by atoms with van der Waals surface area (Å²) in [6.45, 7) is 8.46. The Kier molecular flexibility index (Phi) is 7.60. The molecular formula is C18H28O6. The molecule has 4 atom stereocenters. The molecule has 0 spiro atoms. The lowest BCUT2D eigenvalue weighted by Crippen LogP contribution is -2.48. The molecule has 6 nitrogen and oxygen atoms in total. The van der Waals surface area contributed by atoms with Gasteiger partial charge in [-0.05, 0) is 17.9 Å². The van der Waals surface area contributed by atoms with Crippen LogP contribution in [0, 0.1) is 17.8 Å². The van der Waals surface area contributed by atoms with E-state index in [1.165, 1.54) is 13.0 Å². The number of rotatable bonds is 7. The fraction of sp³-hybridized carbons (Fsp3) is 0.722. The summed E-state index contributed by atoms with van der Waals surface area (Å²) in [5.41, 5.74) is 0.111. The maximum absolute atomic E-state index is 12.5. The van der Waals surface area contributed by atoms with Gasteiger partial charge in [0.05, 0.1) is 6.61 Å². The van der Waals surface area contributed by atoms with Gasteiger partial charge in [0.15, 0.2) is 6.10 Å². The molecule has 0 saturated carbocycles. The highest BCUT2D eigenvalue weighted by atomic mass is 16.6. The number of aliphatic hydroxyl groups is 1. The van der Waals surface area contributed by atoms with E-state index >= 15 is 0 Å².